The van der Waals surface area contributed by atoms with Crippen LogP contribution in [0.4, 0.5) is 0 Å². The van der Waals surface area contributed by atoms with Crippen LogP contribution < -0.4 is 11.1 Å². The number of nitriles is 1. The summed E-state index contributed by atoms with van der Waals surface area (Å²) in [5.74, 6) is 0.0320. The fourth-order valence-electron chi connectivity index (χ4n) is 5.65. The SMILES string of the molecule is N#CC1(C2(CCC3CCCCN3Cc3ccccc3)CNC(=O)C2)C=CC=CC1N. The van der Waals surface area contributed by atoms with Crippen molar-refractivity contribution in [1.29, 1.82) is 5.26 Å². The van der Waals surface area contributed by atoms with Crippen LogP contribution >= 0.6 is 0 Å². The first kappa shape index (κ1) is 20.8. The number of carbonyl (C=O) groups is 1. The number of rotatable bonds is 6. The summed E-state index contributed by atoms with van der Waals surface area (Å²) in [7, 11) is 0. The number of benzene rings is 1. The summed E-state index contributed by atoms with van der Waals surface area (Å²) in [4.78, 5) is 14.9. The van der Waals surface area contributed by atoms with E-state index < -0.39 is 16.9 Å². The number of hydrogen-bond acceptors (Lipinski definition) is 4. The summed E-state index contributed by atoms with van der Waals surface area (Å²) in [5, 5.41) is 13.3. The van der Waals surface area contributed by atoms with Crippen LogP contribution in [0.25, 0.3) is 0 Å². The molecule has 1 amide bonds. The molecule has 0 bridgehead atoms. The molecule has 0 radical (unpaired) electrons. The van der Waals surface area contributed by atoms with Crippen molar-refractivity contribution < 1.29 is 4.79 Å². The molecule has 2 saturated heterocycles. The molecule has 3 aliphatic rings. The van der Waals surface area contributed by atoms with Crippen LogP contribution in [0.1, 0.15) is 44.1 Å². The van der Waals surface area contributed by atoms with Gasteiger partial charge in [-0.15, -0.1) is 0 Å². The minimum Gasteiger partial charge on any atom is -0.355 e. The van der Waals surface area contributed by atoms with Gasteiger partial charge in [0.2, 0.25) is 5.91 Å². The first-order chi connectivity index (χ1) is 14.6. The second-order valence-corrected chi connectivity index (χ2v) is 9.13. The number of nitrogens with one attached hydrogen (secondary N) is 1. The third-order valence-corrected chi connectivity index (χ3v) is 7.43. The van der Waals surface area contributed by atoms with Gasteiger partial charge in [-0.05, 0) is 37.8 Å². The van der Waals surface area contributed by atoms with E-state index in [1.807, 2.05) is 24.3 Å². The van der Waals surface area contributed by atoms with Gasteiger partial charge in [0.15, 0.2) is 0 Å². The highest BCUT2D eigenvalue weighted by Crippen LogP contribution is 2.52. The van der Waals surface area contributed by atoms with Gasteiger partial charge in [0.25, 0.3) is 0 Å². The molecule has 0 aromatic heterocycles. The first-order valence-electron chi connectivity index (χ1n) is 11.2. The van der Waals surface area contributed by atoms with Gasteiger partial charge in [0.1, 0.15) is 5.41 Å². The van der Waals surface area contributed by atoms with E-state index in [2.05, 4.69) is 46.6 Å². The van der Waals surface area contributed by atoms with Crippen molar-refractivity contribution in [2.45, 2.75) is 57.2 Å². The van der Waals surface area contributed by atoms with Crippen LogP contribution in [0.2, 0.25) is 0 Å². The highest BCUT2D eigenvalue weighted by molar-refractivity contribution is 5.79. The standard InChI is InChI=1S/C25H32N4O/c26-18-25(13-6-4-11-22(25)27)24(16-23(30)28-19-24)14-12-21-10-5-7-15-29(21)17-20-8-2-1-3-9-20/h1-4,6,8-9,11,13,21-22H,5,7,10,12,14-17,19,27H2,(H,28,30). The predicted octanol–water partition coefficient (Wildman–Crippen LogP) is 3.29. The zero-order valence-corrected chi connectivity index (χ0v) is 17.6. The fraction of sp³-hybridized carbons (Fsp3) is 0.520. The lowest BCUT2D eigenvalue weighted by Crippen LogP contribution is -2.53. The van der Waals surface area contributed by atoms with E-state index in [4.69, 9.17) is 5.73 Å². The van der Waals surface area contributed by atoms with E-state index in [1.165, 1.54) is 24.8 Å². The third kappa shape index (κ3) is 3.82. The number of hydrogen-bond donors (Lipinski definition) is 2. The maximum absolute atomic E-state index is 12.3. The number of piperidine rings is 1. The topological polar surface area (TPSA) is 82.2 Å². The summed E-state index contributed by atoms with van der Waals surface area (Å²) in [5.41, 5.74) is 6.49. The van der Waals surface area contributed by atoms with Gasteiger partial charge in [0.05, 0.1) is 6.07 Å². The van der Waals surface area contributed by atoms with Crippen molar-refractivity contribution in [2.75, 3.05) is 13.1 Å². The molecule has 3 N–H and O–H groups in total. The molecule has 2 fully saturated rings. The quantitative estimate of drug-likeness (QED) is 0.762. The number of amides is 1. The lowest BCUT2D eigenvalue weighted by atomic mass is 9.56. The number of nitrogens with zero attached hydrogens (tertiary/aromatic N) is 2. The minimum absolute atomic E-state index is 0.0320. The molecule has 5 nitrogen and oxygen atoms in total. The monoisotopic (exact) mass is 404 g/mol. The van der Waals surface area contributed by atoms with E-state index in [-0.39, 0.29) is 5.91 Å². The van der Waals surface area contributed by atoms with Gasteiger partial charge in [-0.1, -0.05) is 61.1 Å². The number of likely N-dealkylation sites (tertiary alicyclic amines) is 1. The Hall–Kier alpha value is -2.42. The fourth-order valence-corrected chi connectivity index (χ4v) is 5.65. The Morgan fingerprint density at radius 2 is 2.07 bits per heavy atom. The molecule has 0 spiro atoms. The Morgan fingerprint density at radius 3 is 2.77 bits per heavy atom. The first-order valence-corrected chi connectivity index (χ1v) is 11.2. The van der Waals surface area contributed by atoms with Crippen molar-refractivity contribution in [2.24, 2.45) is 16.6 Å². The van der Waals surface area contributed by atoms with Crippen LogP contribution in [-0.2, 0) is 11.3 Å². The molecular formula is C25H32N4O. The van der Waals surface area contributed by atoms with Gasteiger partial charge < -0.3 is 11.1 Å². The lowest BCUT2D eigenvalue weighted by molar-refractivity contribution is -0.120. The van der Waals surface area contributed by atoms with Crippen molar-refractivity contribution >= 4 is 5.91 Å². The van der Waals surface area contributed by atoms with Gasteiger partial charge in [0, 0.05) is 37.0 Å². The Bertz CT molecular complexity index is 858. The molecule has 4 rings (SSSR count). The molecule has 4 atom stereocenters. The number of nitrogens with two attached hydrogens (primary N) is 1. The second-order valence-electron chi connectivity index (χ2n) is 9.13. The van der Waals surface area contributed by atoms with Gasteiger partial charge >= 0.3 is 0 Å². The van der Waals surface area contributed by atoms with Crippen LogP contribution in [0, 0.1) is 22.2 Å². The van der Waals surface area contributed by atoms with Crippen LogP contribution in [-0.4, -0.2) is 36.0 Å². The molecule has 5 heteroatoms. The van der Waals surface area contributed by atoms with Crippen LogP contribution in [0.3, 0.4) is 0 Å². The molecule has 158 valence electrons. The largest absolute Gasteiger partial charge is 0.355 e. The number of carbonyl (C=O) groups excluding carboxylic acids is 1. The zero-order chi connectivity index (χ0) is 21.0. The van der Waals surface area contributed by atoms with E-state index in [0.717, 1.165) is 25.9 Å². The van der Waals surface area contributed by atoms with Gasteiger partial charge in [-0.25, -0.2) is 0 Å². The van der Waals surface area contributed by atoms with Gasteiger partial charge in [-0.2, -0.15) is 5.26 Å². The Kier molecular flexibility index (Phi) is 6.08. The average molecular weight is 405 g/mol. The van der Waals surface area contributed by atoms with E-state index in [9.17, 15) is 10.1 Å². The van der Waals surface area contributed by atoms with Crippen molar-refractivity contribution in [3.63, 3.8) is 0 Å². The zero-order valence-electron chi connectivity index (χ0n) is 17.6. The molecule has 4 unspecified atom stereocenters. The number of allylic oxidation sites excluding steroid dienone is 2. The molecule has 2 heterocycles. The summed E-state index contributed by atoms with van der Waals surface area (Å²) in [6.07, 6.45) is 13.5. The molecule has 1 aromatic rings. The predicted molar refractivity (Wildman–Crippen MR) is 118 cm³/mol. The Labute approximate surface area is 179 Å². The van der Waals surface area contributed by atoms with Crippen LogP contribution in [0.15, 0.2) is 54.6 Å². The van der Waals surface area contributed by atoms with E-state index in [1.54, 1.807) is 0 Å². The van der Waals surface area contributed by atoms with E-state index >= 15 is 0 Å². The second kappa shape index (κ2) is 8.75. The highest BCUT2D eigenvalue weighted by atomic mass is 16.1. The average Bonchev–Trinajstić information content (AvgIpc) is 3.16. The van der Waals surface area contributed by atoms with E-state index in [0.29, 0.717) is 19.0 Å². The van der Waals surface area contributed by atoms with Gasteiger partial charge in [-0.3, -0.25) is 9.69 Å². The molecule has 2 aliphatic heterocycles. The lowest BCUT2D eigenvalue weighted by Gasteiger charge is -2.46. The molecule has 30 heavy (non-hydrogen) atoms. The maximum atomic E-state index is 12.3. The third-order valence-electron chi connectivity index (χ3n) is 7.43. The minimum atomic E-state index is -0.847. The highest BCUT2D eigenvalue weighted by Gasteiger charge is 2.57. The molecule has 1 aromatic carbocycles. The Balaban J connectivity index is 1.54. The normalized spacial score (nSPS) is 33.9. The van der Waals surface area contributed by atoms with Crippen molar-refractivity contribution in [3.8, 4) is 6.07 Å². The van der Waals surface area contributed by atoms with Crippen LogP contribution in [0.5, 0.6) is 0 Å². The molecule has 0 saturated carbocycles. The maximum Gasteiger partial charge on any atom is 0.220 e. The Morgan fingerprint density at radius 1 is 1.23 bits per heavy atom. The summed E-state index contributed by atoms with van der Waals surface area (Å²) in [6, 6.07) is 13.2. The molecule has 1 aliphatic carbocycles. The smallest absolute Gasteiger partial charge is 0.220 e. The van der Waals surface area contributed by atoms with Crippen molar-refractivity contribution in [3.05, 3.63) is 60.2 Å². The van der Waals surface area contributed by atoms with Crippen molar-refractivity contribution in [1.82, 2.24) is 10.2 Å². The molecular weight excluding hydrogens is 372 g/mol. The summed E-state index contributed by atoms with van der Waals surface area (Å²) < 4.78 is 0. The summed E-state index contributed by atoms with van der Waals surface area (Å²) >= 11 is 0. The summed E-state index contributed by atoms with van der Waals surface area (Å²) in [6.45, 7) is 2.59.